The first-order chi connectivity index (χ1) is 9.65. The van der Waals surface area contributed by atoms with Crippen LogP contribution in [0.15, 0.2) is 5.03 Å². The zero-order valence-corrected chi connectivity index (χ0v) is 13.5. The molecule has 112 valence electrons. The summed E-state index contributed by atoms with van der Waals surface area (Å²) < 4.78 is 0. The Labute approximate surface area is 125 Å². The van der Waals surface area contributed by atoms with Crippen LogP contribution in [-0.2, 0) is 0 Å². The summed E-state index contributed by atoms with van der Waals surface area (Å²) in [4.78, 5) is 9.43. The van der Waals surface area contributed by atoms with E-state index in [2.05, 4.69) is 26.1 Å². The predicted molar refractivity (Wildman–Crippen MR) is 84.5 cm³/mol. The third kappa shape index (κ3) is 4.09. The summed E-state index contributed by atoms with van der Waals surface area (Å²) in [5.41, 5.74) is 1.14. The van der Waals surface area contributed by atoms with Crippen molar-refractivity contribution in [1.29, 1.82) is 0 Å². The fourth-order valence-corrected chi connectivity index (χ4v) is 2.89. The van der Waals surface area contributed by atoms with Crippen molar-refractivity contribution in [2.45, 2.75) is 51.0 Å². The fraction of sp³-hybridized carbons (Fsp3) is 0.733. The van der Waals surface area contributed by atoms with Gasteiger partial charge in [0.2, 0.25) is 0 Å². The average molecular weight is 295 g/mol. The normalized spacial score (nSPS) is 16.2. The molecule has 1 unspecified atom stereocenters. The maximum absolute atomic E-state index is 9.15. The van der Waals surface area contributed by atoms with E-state index < -0.39 is 0 Å². The number of hydrogen-bond acceptors (Lipinski definition) is 5. The van der Waals surface area contributed by atoms with Crippen molar-refractivity contribution >= 4 is 17.6 Å². The van der Waals surface area contributed by atoms with Gasteiger partial charge in [-0.1, -0.05) is 13.8 Å². The van der Waals surface area contributed by atoms with Crippen molar-refractivity contribution in [3.05, 3.63) is 11.4 Å². The summed E-state index contributed by atoms with van der Waals surface area (Å²) in [6.07, 6.45) is 3.52. The molecule has 4 nitrogen and oxygen atoms in total. The molecule has 1 aromatic rings. The van der Waals surface area contributed by atoms with E-state index in [1.54, 1.807) is 11.8 Å². The van der Waals surface area contributed by atoms with E-state index in [0.29, 0.717) is 11.8 Å². The monoisotopic (exact) mass is 295 g/mol. The molecule has 0 amide bonds. The van der Waals surface area contributed by atoms with Crippen LogP contribution in [0.25, 0.3) is 0 Å². The first-order valence-electron chi connectivity index (χ1n) is 7.51. The quantitative estimate of drug-likeness (QED) is 0.570. The molecule has 2 rings (SSSR count). The number of anilines is 1. The van der Waals surface area contributed by atoms with Crippen molar-refractivity contribution in [3.8, 4) is 0 Å². The Bertz CT molecular complexity index is 449. The number of aliphatic hydroxyl groups excluding tert-OH is 1. The molecule has 20 heavy (non-hydrogen) atoms. The summed E-state index contributed by atoms with van der Waals surface area (Å²) in [5.74, 6) is 3.74. The van der Waals surface area contributed by atoms with E-state index in [0.717, 1.165) is 41.0 Å². The summed E-state index contributed by atoms with van der Waals surface area (Å²) >= 11 is 1.74. The molecule has 2 N–H and O–H groups in total. The van der Waals surface area contributed by atoms with Gasteiger partial charge in [-0.2, -0.15) is 0 Å². The molecule has 0 bridgehead atoms. The van der Waals surface area contributed by atoms with E-state index in [1.807, 2.05) is 0 Å². The molecule has 5 heteroatoms. The second-order valence-corrected chi connectivity index (χ2v) is 6.67. The molecule has 0 spiro atoms. The molecule has 1 atom stereocenters. The van der Waals surface area contributed by atoms with Crippen LogP contribution in [0.4, 0.5) is 5.82 Å². The standard InChI is InChI=1S/C15H25N3OS/c1-4-7-16-13-11(3)15(20-9-10(2)8-19)18-14(17-13)12-5-6-12/h10,12,19H,4-9H2,1-3H3,(H,16,17,18). The van der Waals surface area contributed by atoms with E-state index in [-0.39, 0.29) is 6.61 Å². The number of thioether (sulfide) groups is 1. The zero-order chi connectivity index (χ0) is 14.5. The topological polar surface area (TPSA) is 58.0 Å². The Kier molecular flexibility index (Phi) is 5.66. The van der Waals surface area contributed by atoms with Crippen LogP contribution >= 0.6 is 11.8 Å². The molecular weight excluding hydrogens is 270 g/mol. The lowest BCUT2D eigenvalue weighted by molar-refractivity contribution is 0.250. The number of rotatable bonds is 8. The van der Waals surface area contributed by atoms with E-state index >= 15 is 0 Å². The molecular formula is C15H25N3OS. The third-order valence-electron chi connectivity index (χ3n) is 3.42. The Morgan fingerprint density at radius 2 is 2.15 bits per heavy atom. The minimum absolute atomic E-state index is 0.230. The van der Waals surface area contributed by atoms with Gasteiger partial charge < -0.3 is 10.4 Å². The van der Waals surface area contributed by atoms with Gasteiger partial charge >= 0.3 is 0 Å². The molecule has 0 aliphatic heterocycles. The highest BCUT2D eigenvalue weighted by Crippen LogP contribution is 2.40. The molecule has 0 radical (unpaired) electrons. The maximum atomic E-state index is 9.15. The Morgan fingerprint density at radius 3 is 2.75 bits per heavy atom. The molecule has 1 fully saturated rings. The van der Waals surface area contributed by atoms with Crippen LogP contribution in [0, 0.1) is 12.8 Å². The van der Waals surface area contributed by atoms with Crippen molar-refractivity contribution in [1.82, 2.24) is 9.97 Å². The summed E-state index contributed by atoms with van der Waals surface area (Å²) in [7, 11) is 0. The lowest BCUT2D eigenvalue weighted by atomic mass is 10.2. The number of nitrogens with one attached hydrogen (secondary N) is 1. The molecule has 1 aliphatic rings. The van der Waals surface area contributed by atoms with Gasteiger partial charge in [-0.3, -0.25) is 0 Å². The van der Waals surface area contributed by atoms with Crippen molar-refractivity contribution in [2.24, 2.45) is 5.92 Å². The average Bonchev–Trinajstić information content (AvgIpc) is 3.29. The van der Waals surface area contributed by atoms with Gasteiger partial charge in [0.1, 0.15) is 16.7 Å². The van der Waals surface area contributed by atoms with Crippen LogP contribution in [0.1, 0.15) is 50.4 Å². The maximum Gasteiger partial charge on any atom is 0.135 e. The van der Waals surface area contributed by atoms with E-state index in [4.69, 9.17) is 15.1 Å². The number of hydrogen-bond donors (Lipinski definition) is 2. The smallest absolute Gasteiger partial charge is 0.135 e. The summed E-state index contributed by atoms with van der Waals surface area (Å²) in [6.45, 7) is 7.47. The van der Waals surface area contributed by atoms with Gasteiger partial charge in [-0.25, -0.2) is 9.97 Å². The summed E-state index contributed by atoms with van der Waals surface area (Å²) in [5, 5.41) is 13.6. The van der Waals surface area contributed by atoms with Gasteiger partial charge in [0.15, 0.2) is 0 Å². The highest BCUT2D eigenvalue weighted by atomic mass is 32.2. The molecule has 1 saturated carbocycles. The van der Waals surface area contributed by atoms with E-state index in [9.17, 15) is 0 Å². The van der Waals surface area contributed by atoms with Crippen molar-refractivity contribution in [3.63, 3.8) is 0 Å². The minimum Gasteiger partial charge on any atom is -0.396 e. The van der Waals surface area contributed by atoms with Gasteiger partial charge in [-0.15, -0.1) is 11.8 Å². The lowest BCUT2D eigenvalue weighted by Crippen LogP contribution is -2.09. The zero-order valence-electron chi connectivity index (χ0n) is 12.6. The minimum atomic E-state index is 0.230. The Morgan fingerprint density at radius 1 is 1.40 bits per heavy atom. The molecule has 1 aromatic heterocycles. The predicted octanol–water partition coefficient (Wildman–Crippen LogP) is 3.20. The second kappa shape index (κ2) is 7.27. The molecule has 1 heterocycles. The van der Waals surface area contributed by atoms with E-state index in [1.165, 1.54) is 12.8 Å². The van der Waals surface area contributed by atoms with Crippen LogP contribution in [0.5, 0.6) is 0 Å². The van der Waals surface area contributed by atoms with Crippen LogP contribution in [-0.4, -0.2) is 34.0 Å². The van der Waals surface area contributed by atoms with Crippen molar-refractivity contribution < 1.29 is 5.11 Å². The lowest BCUT2D eigenvalue weighted by Gasteiger charge is -2.14. The third-order valence-corrected chi connectivity index (χ3v) is 4.83. The van der Waals surface area contributed by atoms with Crippen LogP contribution < -0.4 is 5.32 Å². The first kappa shape index (κ1) is 15.6. The summed E-state index contributed by atoms with van der Waals surface area (Å²) in [6, 6.07) is 0. The number of aliphatic hydroxyl groups is 1. The van der Waals surface area contributed by atoms with Gasteiger partial charge in [0, 0.05) is 30.4 Å². The molecule has 1 aliphatic carbocycles. The first-order valence-corrected chi connectivity index (χ1v) is 8.50. The SMILES string of the molecule is CCCNc1nc(C2CC2)nc(SCC(C)CO)c1C. The Balaban J connectivity index is 2.16. The Hall–Kier alpha value is -0.810. The highest BCUT2D eigenvalue weighted by Gasteiger charge is 2.28. The molecule has 0 aromatic carbocycles. The second-order valence-electron chi connectivity index (χ2n) is 5.66. The van der Waals surface area contributed by atoms with Gasteiger partial charge in [-0.05, 0) is 32.1 Å². The number of nitrogens with zero attached hydrogens (tertiary/aromatic N) is 2. The highest BCUT2D eigenvalue weighted by molar-refractivity contribution is 7.99. The van der Waals surface area contributed by atoms with Crippen LogP contribution in [0.2, 0.25) is 0 Å². The fourth-order valence-electron chi connectivity index (χ4n) is 1.87. The van der Waals surface area contributed by atoms with Crippen LogP contribution in [0.3, 0.4) is 0 Å². The van der Waals surface area contributed by atoms with Gasteiger partial charge in [0.25, 0.3) is 0 Å². The van der Waals surface area contributed by atoms with Crippen molar-refractivity contribution in [2.75, 3.05) is 24.2 Å². The molecule has 0 saturated heterocycles. The van der Waals surface area contributed by atoms with Gasteiger partial charge in [0.05, 0.1) is 0 Å². The number of aromatic nitrogens is 2. The largest absolute Gasteiger partial charge is 0.396 e.